The number of anilines is 3. The summed E-state index contributed by atoms with van der Waals surface area (Å²) in [5.74, 6) is -0.0940. The highest BCUT2D eigenvalue weighted by molar-refractivity contribution is 7.92. The first-order valence-corrected chi connectivity index (χ1v) is 11.5. The van der Waals surface area contributed by atoms with Crippen LogP contribution in [0.5, 0.6) is 0 Å². The summed E-state index contributed by atoms with van der Waals surface area (Å²) in [5, 5.41) is 6.28. The molecule has 0 fully saturated rings. The van der Waals surface area contributed by atoms with E-state index >= 15 is 0 Å². The van der Waals surface area contributed by atoms with Crippen LogP contribution in [0, 0.1) is 6.92 Å². The lowest BCUT2D eigenvalue weighted by Crippen LogP contribution is -2.33. The van der Waals surface area contributed by atoms with Crippen molar-refractivity contribution in [2.75, 3.05) is 21.5 Å². The third kappa shape index (κ3) is 4.35. The Balaban J connectivity index is 1.54. The van der Waals surface area contributed by atoms with Crippen LogP contribution in [0.15, 0.2) is 58.1 Å². The van der Waals surface area contributed by atoms with E-state index in [4.69, 9.17) is 4.52 Å². The van der Waals surface area contributed by atoms with Crippen LogP contribution in [-0.2, 0) is 21.2 Å². The number of nitrogens with zero attached hydrogens (tertiary/aromatic N) is 2. The van der Waals surface area contributed by atoms with E-state index < -0.39 is 15.9 Å². The molecule has 32 heavy (non-hydrogen) atoms. The van der Waals surface area contributed by atoms with Crippen molar-refractivity contribution < 1.29 is 22.5 Å². The summed E-state index contributed by atoms with van der Waals surface area (Å²) in [6, 6.07) is 11.2. The summed E-state index contributed by atoms with van der Waals surface area (Å²) in [6.45, 7) is 3.75. The standard InChI is InChI=1S/C22H22N4O5S/c1-14-20(13-23-31-14)22(28)24-17-6-3-7-18(12-17)25-32(29,30)19-8-9-21-16(11-19)5-4-10-26(21)15(2)27/h3,6-9,11-13,25H,4-5,10H2,1-2H3,(H,24,28). The summed E-state index contributed by atoms with van der Waals surface area (Å²) in [7, 11) is -3.87. The minimum absolute atomic E-state index is 0.0695. The second kappa shape index (κ2) is 8.46. The first-order chi connectivity index (χ1) is 15.2. The van der Waals surface area contributed by atoms with Gasteiger partial charge in [-0.2, -0.15) is 0 Å². The van der Waals surface area contributed by atoms with E-state index in [0.717, 1.165) is 17.7 Å². The van der Waals surface area contributed by atoms with Gasteiger partial charge in [-0.3, -0.25) is 14.3 Å². The van der Waals surface area contributed by atoms with Gasteiger partial charge in [-0.25, -0.2) is 8.42 Å². The van der Waals surface area contributed by atoms with Crippen LogP contribution in [-0.4, -0.2) is 31.9 Å². The van der Waals surface area contributed by atoms with Crippen molar-refractivity contribution in [2.45, 2.75) is 31.6 Å². The Kier molecular flexibility index (Phi) is 5.70. The molecule has 0 atom stereocenters. The highest BCUT2D eigenvalue weighted by atomic mass is 32.2. The molecule has 2 N–H and O–H groups in total. The first-order valence-electron chi connectivity index (χ1n) is 10.0. The van der Waals surface area contributed by atoms with E-state index in [9.17, 15) is 18.0 Å². The van der Waals surface area contributed by atoms with Gasteiger partial charge in [0, 0.05) is 24.8 Å². The molecule has 0 saturated heterocycles. The molecular formula is C22H22N4O5S. The molecule has 166 valence electrons. The smallest absolute Gasteiger partial charge is 0.261 e. The van der Waals surface area contributed by atoms with E-state index in [1.54, 1.807) is 42.2 Å². The molecule has 0 radical (unpaired) electrons. The molecule has 2 amide bonds. The van der Waals surface area contributed by atoms with E-state index in [1.807, 2.05) is 0 Å². The van der Waals surface area contributed by atoms with E-state index in [0.29, 0.717) is 35.7 Å². The largest absolute Gasteiger partial charge is 0.361 e. The Morgan fingerprint density at radius 1 is 1.12 bits per heavy atom. The number of fused-ring (bicyclic) bond motifs is 1. The average Bonchev–Trinajstić information content (AvgIpc) is 3.18. The van der Waals surface area contributed by atoms with Crippen molar-refractivity contribution in [3.8, 4) is 0 Å². The van der Waals surface area contributed by atoms with Gasteiger partial charge < -0.3 is 14.7 Å². The quantitative estimate of drug-likeness (QED) is 0.610. The SMILES string of the molecule is CC(=O)N1CCCc2cc(S(=O)(=O)Nc3cccc(NC(=O)c4cnoc4C)c3)ccc21. The minimum atomic E-state index is -3.87. The molecule has 1 aromatic heterocycles. The van der Waals surface area contributed by atoms with Crippen LogP contribution in [0.3, 0.4) is 0 Å². The van der Waals surface area contributed by atoms with Gasteiger partial charge in [0.05, 0.1) is 16.8 Å². The number of rotatable bonds is 5. The zero-order valence-electron chi connectivity index (χ0n) is 17.6. The number of hydrogen-bond donors (Lipinski definition) is 2. The van der Waals surface area contributed by atoms with Crippen LogP contribution >= 0.6 is 0 Å². The molecule has 0 unspecified atom stereocenters. The number of nitrogens with one attached hydrogen (secondary N) is 2. The molecule has 2 heterocycles. The third-order valence-corrected chi connectivity index (χ3v) is 6.61. The number of sulfonamides is 1. The predicted molar refractivity (Wildman–Crippen MR) is 119 cm³/mol. The molecule has 0 saturated carbocycles. The number of aryl methyl sites for hydroxylation is 2. The van der Waals surface area contributed by atoms with Crippen molar-refractivity contribution >= 4 is 38.9 Å². The van der Waals surface area contributed by atoms with Gasteiger partial charge >= 0.3 is 0 Å². The number of benzene rings is 2. The maximum Gasteiger partial charge on any atom is 0.261 e. The van der Waals surface area contributed by atoms with Gasteiger partial charge in [0.25, 0.3) is 15.9 Å². The maximum absolute atomic E-state index is 13.0. The van der Waals surface area contributed by atoms with Crippen molar-refractivity contribution in [1.29, 1.82) is 0 Å². The Hall–Kier alpha value is -3.66. The van der Waals surface area contributed by atoms with Gasteiger partial charge in [0.1, 0.15) is 11.3 Å². The molecule has 3 aromatic rings. The monoisotopic (exact) mass is 454 g/mol. The fourth-order valence-electron chi connectivity index (χ4n) is 3.66. The Labute approximate surface area is 185 Å². The third-order valence-electron chi connectivity index (χ3n) is 5.23. The summed E-state index contributed by atoms with van der Waals surface area (Å²) in [4.78, 5) is 26.0. The molecular weight excluding hydrogens is 432 g/mol. The molecule has 0 spiro atoms. The van der Waals surface area contributed by atoms with Crippen molar-refractivity contribution in [1.82, 2.24) is 5.16 Å². The van der Waals surface area contributed by atoms with Crippen LogP contribution in [0.1, 0.15) is 35.0 Å². The zero-order valence-corrected chi connectivity index (χ0v) is 18.4. The number of carbonyl (C=O) groups is 2. The molecule has 4 rings (SSSR count). The molecule has 10 heteroatoms. The second-order valence-electron chi connectivity index (χ2n) is 7.50. The van der Waals surface area contributed by atoms with Crippen molar-refractivity contribution in [3.63, 3.8) is 0 Å². The Bertz CT molecular complexity index is 1300. The van der Waals surface area contributed by atoms with Crippen molar-refractivity contribution in [2.24, 2.45) is 0 Å². The lowest BCUT2D eigenvalue weighted by atomic mass is 10.0. The van der Waals surface area contributed by atoms with Gasteiger partial charge in [-0.05, 0) is 61.7 Å². The van der Waals surface area contributed by atoms with Gasteiger partial charge in [0.2, 0.25) is 5.91 Å². The molecule has 1 aliphatic rings. The summed E-state index contributed by atoms with van der Waals surface area (Å²) in [6.07, 6.45) is 2.80. The Morgan fingerprint density at radius 2 is 1.91 bits per heavy atom. The van der Waals surface area contributed by atoms with Gasteiger partial charge in [0.15, 0.2) is 0 Å². The number of aromatic nitrogens is 1. The van der Waals surface area contributed by atoms with Crippen LogP contribution < -0.4 is 14.9 Å². The highest BCUT2D eigenvalue weighted by Crippen LogP contribution is 2.30. The number of amides is 2. The van der Waals surface area contributed by atoms with E-state index in [-0.39, 0.29) is 10.8 Å². The van der Waals surface area contributed by atoms with Gasteiger partial charge in [-0.15, -0.1) is 0 Å². The summed E-state index contributed by atoms with van der Waals surface area (Å²) >= 11 is 0. The summed E-state index contributed by atoms with van der Waals surface area (Å²) < 4.78 is 33.4. The Morgan fingerprint density at radius 3 is 2.62 bits per heavy atom. The van der Waals surface area contributed by atoms with E-state index in [1.165, 1.54) is 25.3 Å². The molecule has 0 bridgehead atoms. The van der Waals surface area contributed by atoms with Crippen LogP contribution in [0.25, 0.3) is 0 Å². The maximum atomic E-state index is 13.0. The number of hydrogen-bond acceptors (Lipinski definition) is 6. The average molecular weight is 455 g/mol. The molecule has 9 nitrogen and oxygen atoms in total. The van der Waals surface area contributed by atoms with Gasteiger partial charge in [-0.1, -0.05) is 11.2 Å². The fraction of sp³-hybridized carbons (Fsp3) is 0.227. The van der Waals surface area contributed by atoms with Crippen molar-refractivity contribution in [3.05, 3.63) is 65.5 Å². The molecule has 0 aliphatic carbocycles. The highest BCUT2D eigenvalue weighted by Gasteiger charge is 2.23. The second-order valence-corrected chi connectivity index (χ2v) is 9.18. The lowest BCUT2D eigenvalue weighted by molar-refractivity contribution is -0.116. The lowest BCUT2D eigenvalue weighted by Gasteiger charge is -2.28. The molecule has 1 aliphatic heterocycles. The fourth-order valence-corrected chi connectivity index (χ4v) is 4.76. The minimum Gasteiger partial charge on any atom is -0.361 e. The zero-order chi connectivity index (χ0) is 22.9. The normalized spacial score (nSPS) is 13.4. The van der Waals surface area contributed by atoms with Crippen LogP contribution in [0.4, 0.5) is 17.1 Å². The van der Waals surface area contributed by atoms with Crippen LogP contribution in [0.2, 0.25) is 0 Å². The molecule has 2 aromatic carbocycles. The summed E-state index contributed by atoms with van der Waals surface area (Å²) in [5.41, 5.74) is 2.58. The topological polar surface area (TPSA) is 122 Å². The first kappa shape index (κ1) is 21.6. The predicted octanol–water partition coefficient (Wildman–Crippen LogP) is 3.34. The number of carbonyl (C=O) groups excluding carboxylic acids is 2. The van der Waals surface area contributed by atoms with E-state index in [2.05, 4.69) is 15.2 Å².